The van der Waals surface area contributed by atoms with Gasteiger partial charge in [0.25, 0.3) is 0 Å². The van der Waals surface area contributed by atoms with Crippen molar-refractivity contribution < 1.29 is 0 Å². The number of hydrogen-bond acceptors (Lipinski definition) is 1. The molecule has 120 valence electrons. The van der Waals surface area contributed by atoms with Gasteiger partial charge in [0.2, 0.25) is 0 Å². The van der Waals surface area contributed by atoms with E-state index in [9.17, 15) is 0 Å². The van der Waals surface area contributed by atoms with Gasteiger partial charge >= 0.3 is 0 Å². The molecule has 24 heavy (non-hydrogen) atoms. The summed E-state index contributed by atoms with van der Waals surface area (Å²) in [5.74, 6) is 0. The van der Waals surface area contributed by atoms with Crippen LogP contribution in [0.4, 0.5) is 0 Å². The number of thiophene rings is 1. The van der Waals surface area contributed by atoms with Crippen molar-refractivity contribution >= 4 is 31.5 Å². The van der Waals surface area contributed by atoms with E-state index < -0.39 is 0 Å². The van der Waals surface area contributed by atoms with Crippen molar-refractivity contribution in [2.24, 2.45) is 0 Å². The van der Waals surface area contributed by atoms with Crippen LogP contribution >= 0.6 is 11.3 Å². The lowest BCUT2D eigenvalue weighted by molar-refractivity contribution is 0.598. The third-order valence-electron chi connectivity index (χ3n) is 4.66. The van der Waals surface area contributed by atoms with Gasteiger partial charge in [-0.15, -0.1) is 11.3 Å². The van der Waals surface area contributed by atoms with Crippen LogP contribution in [-0.4, -0.2) is 0 Å². The minimum atomic E-state index is 0.0869. The first-order valence-corrected chi connectivity index (χ1v) is 9.28. The van der Waals surface area contributed by atoms with Gasteiger partial charge in [-0.05, 0) is 41.2 Å². The van der Waals surface area contributed by atoms with Crippen LogP contribution in [0.2, 0.25) is 0 Å². The van der Waals surface area contributed by atoms with Crippen molar-refractivity contribution in [1.29, 1.82) is 0 Å². The smallest absolute Gasteiger partial charge is 0.0358 e. The summed E-state index contributed by atoms with van der Waals surface area (Å²) in [5.41, 5.74) is 5.52. The van der Waals surface area contributed by atoms with Crippen molar-refractivity contribution in [3.05, 3.63) is 71.8 Å². The van der Waals surface area contributed by atoms with Gasteiger partial charge in [0.15, 0.2) is 0 Å². The molecule has 1 aromatic heterocycles. The van der Waals surface area contributed by atoms with Gasteiger partial charge < -0.3 is 0 Å². The number of aryl methyl sites for hydroxylation is 1. The number of benzene rings is 3. The maximum Gasteiger partial charge on any atom is 0.0358 e. The third kappa shape index (κ3) is 2.44. The summed E-state index contributed by atoms with van der Waals surface area (Å²) in [6.45, 7) is 9.12. The normalized spacial score (nSPS) is 12.2. The molecular weight excluding hydrogens is 308 g/mol. The van der Waals surface area contributed by atoms with E-state index in [1.54, 1.807) is 0 Å². The lowest BCUT2D eigenvalue weighted by Gasteiger charge is -2.25. The van der Waals surface area contributed by atoms with Gasteiger partial charge in [0, 0.05) is 20.2 Å². The molecule has 0 atom stereocenters. The second-order valence-corrected chi connectivity index (χ2v) is 8.66. The zero-order valence-electron chi connectivity index (χ0n) is 14.7. The van der Waals surface area contributed by atoms with Crippen LogP contribution in [0.1, 0.15) is 31.9 Å². The molecule has 3 aromatic carbocycles. The van der Waals surface area contributed by atoms with E-state index in [4.69, 9.17) is 0 Å². The molecule has 4 rings (SSSR count). The zero-order valence-corrected chi connectivity index (χ0v) is 15.5. The second-order valence-electron chi connectivity index (χ2n) is 7.58. The molecule has 0 aliphatic rings. The maximum absolute atomic E-state index is 2.33. The number of hydrogen-bond donors (Lipinski definition) is 0. The Morgan fingerprint density at radius 3 is 2.17 bits per heavy atom. The molecule has 0 N–H and O–H groups in total. The van der Waals surface area contributed by atoms with Crippen molar-refractivity contribution in [3.8, 4) is 11.1 Å². The average Bonchev–Trinajstić information content (AvgIpc) is 2.92. The molecule has 0 radical (unpaired) electrons. The summed E-state index contributed by atoms with van der Waals surface area (Å²) in [5, 5.41) is 2.82. The Kier molecular flexibility index (Phi) is 3.51. The molecule has 1 heterocycles. The average molecular weight is 330 g/mol. The fourth-order valence-corrected chi connectivity index (χ4v) is 4.68. The largest absolute Gasteiger partial charge is 0.135 e. The maximum atomic E-state index is 2.33. The van der Waals surface area contributed by atoms with E-state index in [-0.39, 0.29) is 5.41 Å². The topological polar surface area (TPSA) is 0 Å². The Morgan fingerprint density at radius 1 is 0.750 bits per heavy atom. The number of fused-ring (bicyclic) bond motifs is 3. The minimum Gasteiger partial charge on any atom is -0.135 e. The highest BCUT2D eigenvalue weighted by molar-refractivity contribution is 7.25. The highest BCUT2D eigenvalue weighted by Gasteiger charge is 2.24. The summed E-state index contributed by atoms with van der Waals surface area (Å²) in [6.07, 6.45) is 0. The van der Waals surface area contributed by atoms with Gasteiger partial charge in [0.1, 0.15) is 0 Å². The van der Waals surface area contributed by atoms with E-state index in [0.29, 0.717) is 0 Å². The zero-order chi connectivity index (χ0) is 16.9. The predicted molar refractivity (Wildman–Crippen MR) is 108 cm³/mol. The van der Waals surface area contributed by atoms with Crippen molar-refractivity contribution in [2.75, 3.05) is 0 Å². The van der Waals surface area contributed by atoms with Crippen molar-refractivity contribution in [1.82, 2.24) is 0 Å². The molecule has 0 unspecified atom stereocenters. The van der Waals surface area contributed by atoms with Crippen LogP contribution < -0.4 is 0 Å². The molecule has 1 heteroatoms. The second kappa shape index (κ2) is 5.46. The molecular formula is C23H22S. The Hall–Kier alpha value is -2.12. The molecule has 4 aromatic rings. The molecule has 0 spiro atoms. The molecule has 0 aliphatic carbocycles. The van der Waals surface area contributed by atoms with Crippen molar-refractivity contribution in [2.45, 2.75) is 33.1 Å². The van der Waals surface area contributed by atoms with Crippen LogP contribution in [0, 0.1) is 6.92 Å². The van der Waals surface area contributed by atoms with Crippen LogP contribution in [0.5, 0.6) is 0 Å². The van der Waals surface area contributed by atoms with E-state index in [1.165, 1.54) is 42.4 Å². The van der Waals surface area contributed by atoms with Gasteiger partial charge in [-0.3, -0.25) is 0 Å². The third-order valence-corrected chi connectivity index (χ3v) is 5.79. The molecule has 0 amide bonds. The Balaban J connectivity index is 2.14. The molecule has 0 fully saturated rings. The van der Waals surface area contributed by atoms with Crippen LogP contribution in [0.3, 0.4) is 0 Å². The standard InChI is InChI=1S/C23H22S/c1-15-9-11-16(12-10-15)17-13-14-20-21(22(17)23(2,3)4)18-7-5-6-8-19(18)24-20/h5-14H,1-4H3. The molecule has 0 saturated heterocycles. The van der Waals surface area contributed by atoms with Gasteiger partial charge in [0.05, 0.1) is 0 Å². The lowest BCUT2D eigenvalue weighted by atomic mass is 9.79. The number of rotatable bonds is 1. The summed E-state index contributed by atoms with van der Waals surface area (Å²) < 4.78 is 2.76. The first kappa shape index (κ1) is 15.4. The van der Waals surface area contributed by atoms with Crippen LogP contribution in [0.25, 0.3) is 31.3 Å². The van der Waals surface area contributed by atoms with E-state index in [2.05, 4.69) is 88.4 Å². The first-order chi connectivity index (χ1) is 11.4. The molecule has 0 bridgehead atoms. The fourth-order valence-electron chi connectivity index (χ4n) is 3.57. The summed E-state index contributed by atoms with van der Waals surface area (Å²) in [6, 6.07) is 22.3. The SMILES string of the molecule is Cc1ccc(-c2ccc3sc4ccccc4c3c2C(C)(C)C)cc1. The Labute approximate surface area is 147 Å². The predicted octanol–water partition coefficient (Wildman–Crippen LogP) is 7.33. The van der Waals surface area contributed by atoms with E-state index >= 15 is 0 Å². The Bertz CT molecular complexity index is 1030. The Morgan fingerprint density at radius 2 is 1.46 bits per heavy atom. The summed E-state index contributed by atoms with van der Waals surface area (Å²) in [7, 11) is 0. The quantitative estimate of drug-likeness (QED) is 0.343. The highest BCUT2D eigenvalue weighted by atomic mass is 32.1. The monoisotopic (exact) mass is 330 g/mol. The minimum absolute atomic E-state index is 0.0869. The lowest BCUT2D eigenvalue weighted by Crippen LogP contribution is -2.13. The summed E-state index contributed by atoms with van der Waals surface area (Å²) >= 11 is 1.90. The highest BCUT2D eigenvalue weighted by Crippen LogP contribution is 2.44. The molecule has 0 nitrogen and oxygen atoms in total. The van der Waals surface area contributed by atoms with Crippen molar-refractivity contribution in [3.63, 3.8) is 0 Å². The fraction of sp³-hybridized carbons (Fsp3) is 0.217. The van der Waals surface area contributed by atoms with Gasteiger partial charge in [-0.2, -0.15) is 0 Å². The van der Waals surface area contributed by atoms with Gasteiger partial charge in [-0.1, -0.05) is 74.9 Å². The molecule has 0 saturated carbocycles. The molecule has 0 aliphatic heterocycles. The first-order valence-electron chi connectivity index (χ1n) is 8.47. The van der Waals surface area contributed by atoms with Crippen LogP contribution in [0.15, 0.2) is 60.7 Å². The summed E-state index contributed by atoms with van der Waals surface area (Å²) in [4.78, 5) is 0. The van der Waals surface area contributed by atoms with E-state index in [1.807, 2.05) is 11.3 Å². The van der Waals surface area contributed by atoms with Gasteiger partial charge in [-0.25, -0.2) is 0 Å². The van der Waals surface area contributed by atoms with E-state index in [0.717, 1.165) is 0 Å². The van der Waals surface area contributed by atoms with Crippen LogP contribution in [-0.2, 0) is 5.41 Å².